The number of benzene rings is 2. The number of nitrogens with one attached hydrogen (secondary N) is 2. The van der Waals surface area contributed by atoms with Crippen molar-refractivity contribution in [3.05, 3.63) is 59.7 Å². The lowest BCUT2D eigenvalue weighted by atomic mass is 10.2. The molecule has 6 nitrogen and oxygen atoms in total. The zero-order valence-corrected chi connectivity index (χ0v) is 18.7. The van der Waals surface area contributed by atoms with Crippen molar-refractivity contribution in [2.75, 3.05) is 25.0 Å². The Morgan fingerprint density at radius 1 is 1.03 bits per heavy atom. The number of anilines is 1. The molecule has 0 aliphatic heterocycles. The van der Waals surface area contributed by atoms with Crippen LogP contribution in [0.3, 0.4) is 0 Å². The van der Waals surface area contributed by atoms with E-state index < -0.39 is 0 Å². The second-order valence-electron chi connectivity index (χ2n) is 7.20. The fourth-order valence-corrected chi connectivity index (χ4v) is 2.93. The molecule has 2 aromatic carbocycles. The molecule has 2 rings (SSSR count). The van der Waals surface area contributed by atoms with Gasteiger partial charge in [-0.15, -0.1) is 0 Å². The topological polar surface area (TPSA) is 70.7 Å². The van der Waals surface area contributed by atoms with E-state index >= 15 is 0 Å². The van der Waals surface area contributed by atoms with Crippen LogP contribution in [0, 0.1) is 5.92 Å². The first kappa shape index (κ1) is 23.3. The lowest BCUT2D eigenvalue weighted by molar-refractivity contribution is 0.0772. The molecular formula is C23H29N3O3S. The maximum Gasteiger partial charge on any atom is 0.257 e. The van der Waals surface area contributed by atoms with E-state index in [-0.39, 0.29) is 16.9 Å². The molecule has 160 valence electrons. The van der Waals surface area contributed by atoms with Crippen LogP contribution in [0.1, 0.15) is 48.4 Å². The average molecular weight is 428 g/mol. The van der Waals surface area contributed by atoms with Gasteiger partial charge in [0.2, 0.25) is 0 Å². The minimum atomic E-state index is -0.323. The number of carbonyl (C=O) groups excluding carboxylic acids is 2. The van der Waals surface area contributed by atoms with Gasteiger partial charge in [0.15, 0.2) is 5.11 Å². The molecule has 0 radical (unpaired) electrons. The van der Waals surface area contributed by atoms with E-state index in [0.717, 1.165) is 0 Å². The van der Waals surface area contributed by atoms with E-state index in [1.807, 2.05) is 19.9 Å². The molecule has 2 amide bonds. The third kappa shape index (κ3) is 6.84. The van der Waals surface area contributed by atoms with Crippen LogP contribution < -0.4 is 15.4 Å². The largest absolute Gasteiger partial charge is 0.493 e. The van der Waals surface area contributed by atoms with Gasteiger partial charge in [0.05, 0.1) is 6.61 Å². The third-order valence-corrected chi connectivity index (χ3v) is 4.55. The van der Waals surface area contributed by atoms with Crippen molar-refractivity contribution in [3.8, 4) is 5.75 Å². The smallest absolute Gasteiger partial charge is 0.257 e. The zero-order chi connectivity index (χ0) is 22.1. The Bertz CT molecular complexity index is 878. The van der Waals surface area contributed by atoms with Gasteiger partial charge in [0.25, 0.3) is 11.8 Å². The standard InChI is InChI=1S/C23H29N3O3S/c1-5-26(6-2)22(28)17-10-12-19(13-11-17)24-23(30)25-21(27)18-8-7-9-20(14-18)29-15-16(3)4/h7-14,16H,5-6,15H2,1-4H3,(H2,24,25,27,30). The van der Waals surface area contributed by atoms with Gasteiger partial charge < -0.3 is 15.0 Å². The number of rotatable bonds is 8. The van der Waals surface area contributed by atoms with Crippen molar-refractivity contribution in [3.63, 3.8) is 0 Å². The molecule has 0 saturated heterocycles. The van der Waals surface area contributed by atoms with E-state index in [0.29, 0.717) is 48.2 Å². The predicted molar refractivity (Wildman–Crippen MR) is 124 cm³/mol. The number of nitrogens with zero attached hydrogens (tertiary/aromatic N) is 1. The number of carbonyl (C=O) groups is 2. The fraction of sp³-hybridized carbons (Fsp3) is 0.348. The number of amides is 2. The molecule has 0 spiro atoms. The summed E-state index contributed by atoms with van der Waals surface area (Å²) in [4.78, 5) is 26.6. The summed E-state index contributed by atoms with van der Waals surface area (Å²) < 4.78 is 5.66. The highest BCUT2D eigenvalue weighted by Crippen LogP contribution is 2.15. The van der Waals surface area contributed by atoms with Crippen LogP contribution in [-0.4, -0.2) is 41.5 Å². The van der Waals surface area contributed by atoms with Gasteiger partial charge in [-0.05, 0) is 74.4 Å². The highest BCUT2D eigenvalue weighted by atomic mass is 32.1. The van der Waals surface area contributed by atoms with Gasteiger partial charge in [0, 0.05) is 29.9 Å². The monoisotopic (exact) mass is 427 g/mol. The minimum absolute atomic E-state index is 0.0120. The molecule has 0 atom stereocenters. The molecule has 0 aliphatic carbocycles. The van der Waals surface area contributed by atoms with E-state index in [9.17, 15) is 9.59 Å². The maximum atomic E-state index is 12.5. The van der Waals surface area contributed by atoms with Gasteiger partial charge in [-0.3, -0.25) is 14.9 Å². The van der Waals surface area contributed by atoms with Gasteiger partial charge in [-0.25, -0.2) is 0 Å². The van der Waals surface area contributed by atoms with Crippen molar-refractivity contribution in [1.29, 1.82) is 0 Å². The lowest BCUT2D eigenvalue weighted by Crippen LogP contribution is -2.34. The Hall–Kier alpha value is -2.93. The SMILES string of the molecule is CCN(CC)C(=O)c1ccc(NC(=S)NC(=O)c2cccc(OCC(C)C)c2)cc1. The molecule has 0 saturated carbocycles. The first-order chi connectivity index (χ1) is 14.3. The number of hydrogen-bond acceptors (Lipinski definition) is 4. The fourth-order valence-electron chi connectivity index (χ4n) is 2.72. The predicted octanol–water partition coefficient (Wildman–Crippen LogP) is 4.33. The zero-order valence-electron chi connectivity index (χ0n) is 17.9. The summed E-state index contributed by atoms with van der Waals surface area (Å²) in [7, 11) is 0. The van der Waals surface area contributed by atoms with Crippen molar-refractivity contribution >= 4 is 34.8 Å². The van der Waals surface area contributed by atoms with Crippen LogP contribution in [0.4, 0.5) is 5.69 Å². The summed E-state index contributed by atoms with van der Waals surface area (Å²) in [6.45, 7) is 9.93. The molecule has 2 N–H and O–H groups in total. The van der Waals surface area contributed by atoms with E-state index in [2.05, 4.69) is 24.5 Å². The van der Waals surface area contributed by atoms with Crippen molar-refractivity contribution in [2.24, 2.45) is 5.92 Å². The molecular weight excluding hydrogens is 398 g/mol. The Balaban J connectivity index is 1.95. The minimum Gasteiger partial charge on any atom is -0.493 e. The molecule has 0 bridgehead atoms. The van der Waals surface area contributed by atoms with Gasteiger partial charge >= 0.3 is 0 Å². The third-order valence-electron chi connectivity index (χ3n) is 4.35. The van der Waals surface area contributed by atoms with Gasteiger partial charge in [-0.1, -0.05) is 19.9 Å². The highest BCUT2D eigenvalue weighted by Gasteiger charge is 2.13. The average Bonchev–Trinajstić information content (AvgIpc) is 2.73. The first-order valence-corrected chi connectivity index (χ1v) is 10.5. The molecule has 0 unspecified atom stereocenters. The molecule has 0 aliphatic rings. The molecule has 0 heterocycles. The number of hydrogen-bond donors (Lipinski definition) is 2. The number of ether oxygens (including phenoxy) is 1. The first-order valence-electron chi connectivity index (χ1n) is 10.1. The summed E-state index contributed by atoms with van der Waals surface area (Å²) in [5.41, 5.74) is 1.75. The van der Waals surface area contributed by atoms with Crippen molar-refractivity contribution < 1.29 is 14.3 Å². The number of thiocarbonyl (C=S) groups is 1. The second kappa shape index (κ2) is 11.3. The summed E-state index contributed by atoms with van der Waals surface area (Å²) >= 11 is 5.24. The van der Waals surface area contributed by atoms with Crippen LogP contribution in [-0.2, 0) is 0 Å². The van der Waals surface area contributed by atoms with E-state index in [4.69, 9.17) is 17.0 Å². The van der Waals surface area contributed by atoms with Crippen LogP contribution in [0.25, 0.3) is 0 Å². The van der Waals surface area contributed by atoms with Crippen LogP contribution in [0.2, 0.25) is 0 Å². The molecule has 7 heteroatoms. The van der Waals surface area contributed by atoms with Crippen LogP contribution in [0.15, 0.2) is 48.5 Å². The maximum absolute atomic E-state index is 12.5. The highest BCUT2D eigenvalue weighted by molar-refractivity contribution is 7.80. The molecule has 0 fully saturated rings. The molecule has 30 heavy (non-hydrogen) atoms. The Kier molecular flexibility index (Phi) is 8.80. The summed E-state index contributed by atoms with van der Waals surface area (Å²) in [5, 5.41) is 5.80. The lowest BCUT2D eigenvalue weighted by Gasteiger charge is -2.18. The van der Waals surface area contributed by atoms with E-state index in [1.54, 1.807) is 47.4 Å². The van der Waals surface area contributed by atoms with Gasteiger partial charge in [-0.2, -0.15) is 0 Å². The summed E-state index contributed by atoms with van der Waals surface area (Å²) in [6, 6.07) is 14.0. The van der Waals surface area contributed by atoms with Gasteiger partial charge in [0.1, 0.15) is 5.75 Å². The quantitative estimate of drug-likeness (QED) is 0.614. The normalized spacial score (nSPS) is 10.4. The molecule has 2 aromatic rings. The van der Waals surface area contributed by atoms with Crippen LogP contribution in [0.5, 0.6) is 5.75 Å². The van der Waals surface area contributed by atoms with Crippen LogP contribution >= 0.6 is 12.2 Å². The Morgan fingerprint density at radius 3 is 2.30 bits per heavy atom. The van der Waals surface area contributed by atoms with Crippen molar-refractivity contribution in [1.82, 2.24) is 10.2 Å². The Labute approximate surface area is 183 Å². The molecule has 0 aromatic heterocycles. The Morgan fingerprint density at radius 2 is 1.70 bits per heavy atom. The summed E-state index contributed by atoms with van der Waals surface area (Å²) in [6.07, 6.45) is 0. The second-order valence-corrected chi connectivity index (χ2v) is 7.60. The van der Waals surface area contributed by atoms with E-state index in [1.165, 1.54) is 0 Å². The van der Waals surface area contributed by atoms with Crippen molar-refractivity contribution in [2.45, 2.75) is 27.7 Å². The summed E-state index contributed by atoms with van der Waals surface area (Å²) in [5.74, 6) is 0.703.